The third-order valence-electron chi connectivity index (χ3n) is 8.98. The van der Waals surface area contributed by atoms with E-state index in [2.05, 4.69) is 4.98 Å². The number of para-hydroxylation sites is 1. The Bertz CT molecular complexity index is 1300. The molecule has 8 nitrogen and oxygen atoms in total. The van der Waals surface area contributed by atoms with Gasteiger partial charge < -0.3 is 20.1 Å². The number of imide groups is 1. The molecule has 2 aliphatic carbocycles. The summed E-state index contributed by atoms with van der Waals surface area (Å²) in [5.41, 5.74) is 3.62. The third-order valence-corrected chi connectivity index (χ3v) is 8.98. The number of rotatable bonds is 10. The number of aliphatic hydroxyl groups excluding tert-OH is 2. The Morgan fingerprint density at radius 2 is 1.85 bits per heavy atom. The molecule has 3 N–H and O–H groups in total. The maximum Gasteiger partial charge on any atom is 0.234 e. The second-order valence-corrected chi connectivity index (χ2v) is 11.5. The van der Waals surface area contributed by atoms with Crippen molar-refractivity contribution in [2.75, 3.05) is 20.3 Å². The van der Waals surface area contributed by atoms with E-state index >= 15 is 0 Å². The monoisotopic (exact) mass is 560 g/mol. The van der Waals surface area contributed by atoms with Crippen LogP contribution >= 0.6 is 0 Å². The van der Waals surface area contributed by atoms with E-state index in [1.54, 1.807) is 25.4 Å². The molecule has 1 saturated carbocycles. The average molecular weight is 561 g/mol. The zero-order valence-electron chi connectivity index (χ0n) is 23.6. The summed E-state index contributed by atoms with van der Waals surface area (Å²) in [4.78, 5) is 33.3. The fourth-order valence-corrected chi connectivity index (χ4v) is 7.06. The number of phenolic OH excluding ortho intramolecular Hbond substituents is 1. The van der Waals surface area contributed by atoms with Gasteiger partial charge in [0.25, 0.3) is 0 Å². The lowest BCUT2D eigenvalue weighted by molar-refractivity contribution is -0.143. The van der Waals surface area contributed by atoms with Gasteiger partial charge in [0.1, 0.15) is 5.75 Å². The molecule has 1 aromatic heterocycles. The van der Waals surface area contributed by atoms with Crippen LogP contribution in [-0.2, 0) is 14.3 Å². The van der Waals surface area contributed by atoms with Crippen molar-refractivity contribution in [2.24, 2.45) is 17.8 Å². The molecule has 2 heterocycles. The number of ether oxygens (including phenoxy) is 1. The minimum atomic E-state index is -0.957. The molecule has 0 unspecified atom stereocenters. The molecule has 2 amide bonds. The second-order valence-electron chi connectivity index (χ2n) is 11.5. The van der Waals surface area contributed by atoms with Crippen molar-refractivity contribution < 1.29 is 29.6 Å². The summed E-state index contributed by atoms with van der Waals surface area (Å²) in [6.45, 7) is -0.114. The molecule has 2 aromatic rings. The summed E-state index contributed by atoms with van der Waals surface area (Å²) in [5.74, 6) is -2.06. The lowest BCUT2D eigenvalue weighted by Crippen LogP contribution is -2.42. The van der Waals surface area contributed by atoms with E-state index in [1.807, 2.05) is 36.4 Å². The Morgan fingerprint density at radius 3 is 2.54 bits per heavy atom. The van der Waals surface area contributed by atoms with Crippen LogP contribution in [0.15, 0.2) is 59.8 Å². The van der Waals surface area contributed by atoms with E-state index in [0.29, 0.717) is 30.4 Å². The van der Waals surface area contributed by atoms with Crippen LogP contribution in [0.25, 0.3) is 11.6 Å². The maximum atomic E-state index is 13.8. The van der Waals surface area contributed by atoms with Crippen LogP contribution in [-0.4, -0.2) is 69.5 Å². The molecule has 1 aliphatic heterocycles. The lowest BCUT2D eigenvalue weighted by Gasteiger charge is -2.36. The highest BCUT2D eigenvalue weighted by molar-refractivity contribution is 6.06. The Hall–Kier alpha value is -3.33. The number of aromatic hydroxyl groups is 1. The topological polar surface area (TPSA) is 120 Å². The number of nitrogens with zero attached hydrogens (tertiary/aromatic N) is 2. The number of carbonyl (C=O) groups excluding carboxylic acids is 2. The summed E-state index contributed by atoms with van der Waals surface area (Å²) in [6, 6.07) is 12.6. The van der Waals surface area contributed by atoms with Crippen LogP contribution in [0, 0.1) is 17.8 Å². The Morgan fingerprint density at radius 1 is 1.10 bits per heavy atom. The Kier molecular flexibility index (Phi) is 9.32. The number of aliphatic hydroxyl groups is 2. The van der Waals surface area contributed by atoms with Crippen molar-refractivity contribution in [2.45, 2.75) is 63.5 Å². The zero-order valence-corrected chi connectivity index (χ0v) is 23.6. The molecule has 0 spiro atoms. The molecule has 1 aromatic carbocycles. The van der Waals surface area contributed by atoms with Gasteiger partial charge in [-0.3, -0.25) is 19.5 Å². The molecule has 41 heavy (non-hydrogen) atoms. The standard InChI is InChI=1S/C33H40N2O6/c1-41-20-23-18-25-31(33(40)35(32(25)39)24-10-3-2-4-11-24)26(19-36)30(23)29(38)15-14-21(27-12-7-8-16-34-27)17-22-9-5-6-13-28(22)37/h5-9,12-13,16-17,24-26,29,31,36-38H,2-4,10-11,14-15,18-20H2,1H3/b21-17-/t25-,26+,29-,31-/m1/s1. The first-order chi connectivity index (χ1) is 19.9. The van der Waals surface area contributed by atoms with Gasteiger partial charge in [-0.1, -0.05) is 43.5 Å². The SMILES string of the molecule is COCC1=C([C@H](O)CC/C(=C/c2ccccc2O)c2ccccn2)[C@H](CO)[C@@H]2C(=O)N(C3CCCCC3)C(=O)[C@@H]2C1. The number of allylic oxidation sites excluding steroid dienone is 1. The summed E-state index contributed by atoms with van der Waals surface area (Å²) in [6.07, 6.45) is 8.48. The number of likely N-dealkylation sites (tertiary alicyclic amines) is 1. The number of phenols is 1. The quantitative estimate of drug-likeness (QED) is 0.292. The van der Waals surface area contributed by atoms with Gasteiger partial charge in [0, 0.05) is 30.8 Å². The number of aromatic nitrogens is 1. The van der Waals surface area contributed by atoms with E-state index in [9.17, 15) is 24.9 Å². The fourth-order valence-electron chi connectivity index (χ4n) is 7.06. The number of methoxy groups -OCH3 is 1. The molecule has 8 heteroatoms. The van der Waals surface area contributed by atoms with E-state index in [1.165, 1.54) is 4.90 Å². The smallest absolute Gasteiger partial charge is 0.234 e. The average Bonchev–Trinajstić information content (AvgIpc) is 3.25. The minimum Gasteiger partial charge on any atom is -0.507 e. The normalized spacial score (nSPS) is 24.6. The van der Waals surface area contributed by atoms with E-state index in [-0.39, 0.29) is 36.8 Å². The van der Waals surface area contributed by atoms with Crippen LogP contribution in [0.2, 0.25) is 0 Å². The Balaban J connectivity index is 1.42. The summed E-state index contributed by atoms with van der Waals surface area (Å²) >= 11 is 0. The molecule has 2 fully saturated rings. The number of fused-ring (bicyclic) bond motifs is 1. The predicted molar refractivity (Wildman–Crippen MR) is 155 cm³/mol. The second kappa shape index (κ2) is 13.1. The highest BCUT2D eigenvalue weighted by Crippen LogP contribution is 2.47. The number of amides is 2. The highest BCUT2D eigenvalue weighted by Gasteiger charge is 2.56. The van der Waals surface area contributed by atoms with Gasteiger partial charge in [-0.2, -0.15) is 0 Å². The van der Waals surface area contributed by atoms with Crippen LogP contribution in [0.3, 0.4) is 0 Å². The minimum absolute atomic E-state index is 0.0755. The number of carbonyl (C=O) groups is 2. The molecule has 1 saturated heterocycles. The van der Waals surface area contributed by atoms with Crippen LogP contribution in [0.1, 0.15) is 62.6 Å². The zero-order chi connectivity index (χ0) is 28.9. The lowest BCUT2D eigenvalue weighted by atomic mass is 9.68. The summed E-state index contributed by atoms with van der Waals surface area (Å²) in [7, 11) is 1.57. The van der Waals surface area contributed by atoms with Crippen molar-refractivity contribution in [1.82, 2.24) is 9.88 Å². The molecule has 0 bridgehead atoms. The highest BCUT2D eigenvalue weighted by atomic mass is 16.5. The van der Waals surface area contributed by atoms with Crippen molar-refractivity contribution in [1.29, 1.82) is 0 Å². The molecule has 218 valence electrons. The van der Waals surface area contributed by atoms with Gasteiger partial charge in [0.05, 0.1) is 36.8 Å². The van der Waals surface area contributed by atoms with Gasteiger partial charge in [0.2, 0.25) is 11.8 Å². The van der Waals surface area contributed by atoms with E-state index < -0.39 is 23.9 Å². The van der Waals surface area contributed by atoms with Gasteiger partial charge in [-0.25, -0.2) is 0 Å². The number of hydrogen-bond acceptors (Lipinski definition) is 7. The third kappa shape index (κ3) is 6.01. The maximum absolute atomic E-state index is 13.8. The molecule has 4 atom stereocenters. The summed E-state index contributed by atoms with van der Waals surface area (Å²) in [5, 5.41) is 32.6. The predicted octanol–water partition coefficient (Wildman–Crippen LogP) is 4.36. The molecular weight excluding hydrogens is 520 g/mol. The first-order valence-corrected chi connectivity index (χ1v) is 14.7. The van der Waals surface area contributed by atoms with Crippen molar-refractivity contribution in [3.05, 3.63) is 71.1 Å². The van der Waals surface area contributed by atoms with E-state index in [4.69, 9.17) is 4.74 Å². The van der Waals surface area contributed by atoms with Gasteiger partial charge >= 0.3 is 0 Å². The van der Waals surface area contributed by atoms with E-state index in [0.717, 1.165) is 48.9 Å². The molecule has 3 aliphatic rings. The number of benzene rings is 1. The number of pyridine rings is 1. The molecule has 5 rings (SSSR count). The van der Waals surface area contributed by atoms with Crippen LogP contribution in [0.4, 0.5) is 0 Å². The Labute approximate surface area is 241 Å². The van der Waals surface area contributed by atoms with Gasteiger partial charge in [-0.05, 0) is 73.1 Å². The van der Waals surface area contributed by atoms with Gasteiger partial charge in [-0.15, -0.1) is 0 Å². The van der Waals surface area contributed by atoms with Crippen LogP contribution in [0.5, 0.6) is 5.75 Å². The largest absolute Gasteiger partial charge is 0.507 e. The summed E-state index contributed by atoms with van der Waals surface area (Å²) < 4.78 is 5.49. The van der Waals surface area contributed by atoms with Crippen molar-refractivity contribution in [3.63, 3.8) is 0 Å². The fraction of sp³-hybridized carbons (Fsp3) is 0.485. The first-order valence-electron chi connectivity index (χ1n) is 14.7. The molecular formula is C33H40N2O6. The van der Waals surface area contributed by atoms with Crippen molar-refractivity contribution >= 4 is 23.5 Å². The first kappa shape index (κ1) is 29.2. The van der Waals surface area contributed by atoms with Gasteiger partial charge in [0.15, 0.2) is 0 Å². The van der Waals surface area contributed by atoms with Crippen LogP contribution < -0.4 is 0 Å². The number of hydrogen-bond donors (Lipinski definition) is 3. The van der Waals surface area contributed by atoms with Crippen molar-refractivity contribution in [3.8, 4) is 5.75 Å². The molecule has 0 radical (unpaired) electrons.